The minimum atomic E-state index is -0.356. The van der Waals surface area contributed by atoms with Crippen LogP contribution in [0.2, 0.25) is 0 Å². The highest BCUT2D eigenvalue weighted by Gasteiger charge is 2.30. The van der Waals surface area contributed by atoms with E-state index in [-0.39, 0.29) is 18.2 Å². The van der Waals surface area contributed by atoms with E-state index in [0.29, 0.717) is 34.5 Å². The standard InChI is InChI=1S/C31H26N2O3S/c1-35-29-16-23(14-15-28(29)36-19-21-8-3-2-4-9-21)26-17-30(34)33-31(27(26)18-32)37-20-24-12-7-11-22-10-5-6-13-25(22)24/h2-16,26H,17,19-20H2,1H3,(H,33,34). The van der Waals surface area contributed by atoms with Gasteiger partial charge in [-0.05, 0) is 39.6 Å². The predicted octanol–water partition coefficient (Wildman–Crippen LogP) is 6.70. The molecule has 1 atom stereocenters. The topological polar surface area (TPSA) is 71.3 Å². The molecule has 0 fully saturated rings. The molecular formula is C31H26N2O3S. The first-order chi connectivity index (χ1) is 18.2. The summed E-state index contributed by atoms with van der Waals surface area (Å²) < 4.78 is 11.6. The second-order valence-electron chi connectivity index (χ2n) is 8.77. The van der Waals surface area contributed by atoms with E-state index in [1.165, 1.54) is 22.5 Å². The maximum Gasteiger partial charge on any atom is 0.225 e. The summed E-state index contributed by atoms with van der Waals surface area (Å²) in [7, 11) is 1.59. The van der Waals surface area contributed by atoms with Crippen LogP contribution in [0.3, 0.4) is 0 Å². The largest absolute Gasteiger partial charge is 0.493 e. The van der Waals surface area contributed by atoms with Gasteiger partial charge in [0.1, 0.15) is 6.61 Å². The van der Waals surface area contributed by atoms with Gasteiger partial charge in [0.2, 0.25) is 5.91 Å². The van der Waals surface area contributed by atoms with Crippen molar-refractivity contribution < 1.29 is 14.3 Å². The number of methoxy groups -OCH3 is 1. The average Bonchev–Trinajstić information content (AvgIpc) is 2.95. The van der Waals surface area contributed by atoms with Crippen LogP contribution in [0.5, 0.6) is 11.5 Å². The van der Waals surface area contributed by atoms with E-state index in [2.05, 4.69) is 35.7 Å². The van der Waals surface area contributed by atoms with Gasteiger partial charge in [-0.25, -0.2) is 0 Å². The maximum absolute atomic E-state index is 12.7. The molecule has 1 aliphatic heterocycles. The first-order valence-corrected chi connectivity index (χ1v) is 13.0. The van der Waals surface area contributed by atoms with Crippen molar-refractivity contribution in [3.05, 3.63) is 118 Å². The third-order valence-electron chi connectivity index (χ3n) is 6.44. The molecule has 0 saturated carbocycles. The van der Waals surface area contributed by atoms with Crippen LogP contribution in [0.25, 0.3) is 10.8 Å². The Balaban J connectivity index is 1.39. The molecule has 1 N–H and O–H groups in total. The van der Waals surface area contributed by atoms with Crippen molar-refractivity contribution >= 4 is 28.4 Å². The Morgan fingerprint density at radius 2 is 1.76 bits per heavy atom. The van der Waals surface area contributed by atoms with Crippen molar-refractivity contribution in [2.24, 2.45) is 0 Å². The number of ether oxygens (including phenoxy) is 2. The van der Waals surface area contributed by atoms with Gasteiger partial charge in [-0.3, -0.25) is 4.79 Å². The fraction of sp³-hybridized carbons (Fsp3) is 0.161. The van der Waals surface area contributed by atoms with Crippen LogP contribution in [0.4, 0.5) is 0 Å². The van der Waals surface area contributed by atoms with Crippen LogP contribution < -0.4 is 14.8 Å². The van der Waals surface area contributed by atoms with Gasteiger partial charge in [0.05, 0.1) is 23.8 Å². The summed E-state index contributed by atoms with van der Waals surface area (Å²) in [5, 5.41) is 16.0. The average molecular weight is 507 g/mol. The summed E-state index contributed by atoms with van der Waals surface area (Å²) in [6, 6.07) is 32.3. The number of carbonyl (C=O) groups excluding carboxylic acids is 1. The lowest BCUT2D eigenvalue weighted by Crippen LogP contribution is -2.30. The van der Waals surface area contributed by atoms with Crippen LogP contribution in [0.1, 0.15) is 29.0 Å². The van der Waals surface area contributed by atoms with Crippen molar-refractivity contribution in [1.82, 2.24) is 5.32 Å². The number of allylic oxidation sites excluding steroid dienone is 1. The number of nitrogens with zero attached hydrogens (tertiary/aromatic N) is 1. The second-order valence-corrected chi connectivity index (χ2v) is 9.76. The summed E-state index contributed by atoms with van der Waals surface area (Å²) in [6.45, 7) is 0.417. The normalized spacial score (nSPS) is 15.2. The van der Waals surface area contributed by atoms with Gasteiger partial charge < -0.3 is 14.8 Å². The molecule has 5 nitrogen and oxygen atoms in total. The third-order valence-corrected chi connectivity index (χ3v) is 7.50. The lowest BCUT2D eigenvalue weighted by atomic mass is 9.87. The molecule has 4 aromatic rings. The summed E-state index contributed by atoms with van der Waals surface area (Å²) in [5.74, 6) is 1.37. The zero-order valence-electron chi connectivity index (χ0n) is 20.4. The predicted molar refractivity (Wildman–Crippen MR) is 147 cm³/mol. The number of hydrogen-bond acceptors (Lipinski definition) is 5. The van der Waals surface area contributed by atoms with E-state index in [0.717, 1.165) is 16.7 Å². The van der Waals surface area contributed by atoms with Gasteiger partial charge >= 0.3 is 0 Å². The molecule has 184 valence electrons. The lowest BCUT2D eigenvalue weighted by molar-refractivity contribution is -0.120. The Hall–Kier alpha value is -4.21. The number of rotatable bonds is 8. The minimum Gasteiger partial charge on any atom is -0.493 e. The Kier molecular flexibility index (Phi) is 7.43. The van der Waals surface area contributed by atoms with Gasteiger partial charge in [-0.15, -0.1) is 11.8 Å². The number of fused-ring (bicyclic) bond motifs is 1. The van der Waals surface area contributed by atoms with Crippen LogP contribution in [0.15, 0.2) is 102 Å². The van der Waals surface area contributed by atoms with E-state index in [9.17, 15) is 10.1 Å². The molecule has 6 heteroatoms. The quantitative estimate of drug-likeness (QED) is 0.288. The fourth-order valence-corrected chi connectivity index (χ4v) is 5.62. The number of nitriles is 1. The van der Waals surface area contributed by atoms with Gasteiger partial charge in [0.25, 0.3) is 0 Å². The summed E-state index contributed by atoms with van der Waals surface area (Å²) in [6.07, 6.45) is 0.203. The number of amides is 1. The zero-order valence-corrected chi connectivity index (χ0v) is 21.3. The first kappa shape index (κ1) is 24.5. The van der Waals surface area contributed by atoms with Crippen LogP contribution >= 0.6 is 11.8 Å². The van der Waals surface area contributed by atoms with Crippen molar-refractivity contribution in [1.29, 1.82) is 5.26 Å². The van der Waals surface area contributed by atoms with Gasteiger partial charge in [0.15, 0.2) is 11.5 Å². The molecule has 0 aliphatic carbocycles. The second kappa shape index (κ2) is 11.2. The molecule has 1 amide bonds. The molecule has 0 bridgehead atoms. The summed E-state index contributed by atoms with van der Waals surface area (Å²) in [5.41, 5.74) is 3.62. The molecule has 0 radical (unpaired) electrons. The fourth-order valence-electron chi connectivity index (χ4n) is 4.54. The Labute approximate surface area is 220 Å². The van der Waals surface area contributed by atoms with E-state index >= 15 is 0 Å². The van der Waals surface area contributed by atoms with E-state index in [1.807, 2.05) is 66.7 Å². The molecule has 0 saturated heterocycles. The zero-order chi connectivity index (χ0) is 25.6. The molecular weight excluding hydrogens is 480 g/mol. The minimum absolute atomic E-state index is 0.104. The Morgan fingerprint density at radius 1 is 0.973 bits per heavy atom. The van der Waals surface area contributed by atoms with Gasteiger partial charge in [-0.1, -0.05) is 78.9 Å². The number of thioether (sulfide) groups is 1. The van der Waals surface area contributed by atoms with Crippen molar-refractivity contribution in [3.8, 4) is 17.6 Å². The summed E-state index contributed by atoms with van der Waals surface area (Å²) >= 11 is 1.49. The molecule has 0 spiro atoms. The number of hydrogen-bond donors (Lipinski definition) is 1. The van der Waals surface area contributed by atoms with Crippen LogP contribution in [0, 0.1) is 11.3 Å². The molecule has 1 heterocycles. The molecule has 1 aliphatic rings. The third kappa shape index (κ3) is 5.47. The molecule has 4 aromatic carbocycles. The van der Waals surface area contributed by atoms with Crippen LogP contribution in [-0.4, -0.2) is 13.0 Å². The highest BCUT2D eigenvalue weighted by Crippen LogP contribution is 2.40. The summed E-state index contributed by atoms with van der Waals surface area (Å²) in [4.78, 5) is 12.7. The Morgan fingerprint density at radius 3 is 2.57 bits per heavy atom. The highest BCUT2D eigenvalue weighted by molar-refractivity contribution is 8.02. The van der Waals surface area contributed by atoms with Crippen molar-refractivity contribution in [2.75, 3.05) is 7.11 Å². The monoisotopic (exact) mass is 506 g/mol. The molecule has 37 heavy (non-hydrogen) atoms. The van der Waals surface area contributed by atoms with E-state index in [4.69, 9.17) is 9.47 Å². The number of carbonyl (C=O) groups is 1. The van der Waals surface area contributed by atoms with E-state index < -0.39 is 0 Å². The molecule has 0 aromatic heterocycles. The van der Waals surface area contributed by atoms with Gasteiger partial charge in [0, 0.05) is 18.1 Å². The van der Waals surface area contributed by atoms with Crippen molar-refractivity contribution in [3.63, 3.8) is 0 Å². The SMILES string of the molecule is COc1cc(C2CC(=O)NC(SCc3cccc4ccccc34)=C2C#N)ccc1OCc1ccccc1. The molecule has 1 unspecified atom stereocenters. The van der Waals surface area contributed by atoms with Gasteiger partial charge in [-0.2, -0.15) is 5.26 Å². The number of nitrogens with one attached hydrogen (secondary N) is 1. The van der Waals surface area contributed by atoms with Crippen LogP contribution in [-0.2, 0) is 17.2 Å². The molecule has 5 rings (SSSR count). The Bertz CT molecular complexity index is 1500. The first-order valence-electron chi connectivity index (χ1n) is 12.0. The number of benzene rings is 4. The smallest absolute Gasteiger partial charge is 0.225 e. The van der Waals surface area contributed by atoms with Crippen molar-refractivity contribution in [2.45, 2.75) is 24.7 Å². The lowest BCUT2D eigenvalue weighted by Gasteiger charge is -2.26. The van der Waals surface area contributed by atoms with E-state index in [1.54, 1.807) is 7.11 Å². The highest BCUT2D eigenvalue weighted by atomic mass is 32.2. The maximum atomic E-state index is 12.7.